The molecule has 2 rings (SSSR count). The third-order valence-electron chi connectivity index (χ3n) is 3.33. The summed E-state index contributed by atoms with van der Waals surface area (Å²) in [4.78, 5) is 16.6. The summed E-state index contributed by atoms with van der Waals surface area (Å²) < 4.78 is 15.9. The molecule has 0 saturated carbocycles. The molecule has 1 amide bonds. The van der Waals surface area contributed by atoms with Crippen LogP contribution in [0.2, 0.25) is 0 Å². The Morgan fingerprint density at radius 3 is 2.59 bits per heavy atom. The number of nitrogens with one attached hydrogen (secondary N) is 1. The molecule has 2 aromatic rings. The first-order valence-corrected chi connectivity index (χ1v) is 7.29. The Balaban J connectivity index is 2.34. The summed E-state index contributed by atoms with van der Waals surface area (Å²) in [5.74, 6) is 0.127. The van der Waals surface area contributed by atoms with Crippen LogP contribution in [0, 0.1) is 11.2 Å². The molecular weight excluding hydrogens is 281 g/mol. The molecule has 0 aliphatic carbocycles. The highest BCUT2D eigenvalue weighted by molar-refractivity contribution is 5.77. The van der Waals surface area contributed by atoms with E-state index in [-0.39, 0.29) is 17.1 Å². The number of benzene rings is 1. The lowest BCUT2D eigenvalue weighted by Crippen LogP contribution is -2.33. The smallest absolute Gasteiger partial charge is 0.221 e. The third-order valence-corrected chi connectivity index (χ3v) is 3.33. The van der Waals surface area contributed by atoms with Crippen LogP contribution in [0.25, 0.3) is 0 Å². The van der Waals surface area contributed by atoms with Gasteiger partial charge in [0.2, 0.25) is 5.91 Å². The summed E-state index contributed by atoms with van der Waals surface area (Å²) in [7, 11) is 1.83. The number of imidazole rings is 1. The Labute approximate surface area is 130 Å². The summed E-state index contributed by atoms with van der Waals surface area (Å²) in [6.45, 7) is 5.97. The van der Waals surface area contributed by atoms with E-state index in [1.165, 1.54) is 6.07 Å². The van der Waals surface area contributed by atoms with Crippen molar-refractivity contribution in [1.82, 2.24) is 14.9 Å². The van der Waals surface area contributed by atoms with Gasteiger partial charge in [0.15, 0.2) is 0 Å². The Hall–Kier alpha value is -2.17. The number of hydrogen-bond donors (Lipinski definition) is 1. The molecule has 4 nitrogen and oxygen atoms in total. The van der Waals surface area contributed by atoms with Crippen LogP contribution in [0.4, 0.5) is 4.39 Å². The number of hydrogen-bond acceptors (Lipinski definition) is 2. The summed E-state index contributed by atoms with van der Waals surface area (Å²) in [6.07, 6.45) is 3.78. The molecule has 0 bridgehead atoms. The van der Waals surface area contributed by atoms with Crippen molar-refractivity contribution in [1.29, 1.82) is 0 Å². The van der Waals surface area contributed by atoms with Gasteiger partial charge in [-0.2, -0.15) is 0 Å². The van der Waals surface area contributed by atoms with E-state index in [9.17, 15) is 9.18 Å². The monoisotopic (exact) mass is 303 g/mol. The summed E-state index contributed by atoms with van der Waals surface area (Å²) in [5, 5.41) is 2.91. The first kappa shape index (κ1) is 16.2. The van der Waals surface area contributed by atoms with Crippen LogP contribution < -0.4 is 5.32 Å². The van der Waals surface area contributed by atoms with Crippen molar-refractivity contribution in [3.8, 4) is 0 Å². The van der Waals surface area contributed by atoms with E-state index in [1.54, 1.807) is 35.2 Å². The fourth-order valence-electron chi connectivity index (χ4n) is 2.34. The van der Waals surface area contributed by atoms with Crippen LogP contribution >= 0.6 is 0 Å². The lowest BCUT2D eigenvalue weighted by atomic mass is 9.91. The average molecular weight is 303 g/mol. The number of carbonyl (C=O) groups is 1. The molecule has 0 spiro atoms. The summed E-state index contributed by atoms with van der Waals surface area (Å²) in [6, 6.07) is 5.85. The Bertz CT molecular complexity index is 658. The fraction of sp³-hybridized carbons (Fsp3) is 0.412. The maximum atomic E-state index is 14.2. The van der Waals surface area contributed by atoms with E-state index in [4.69, 9.17) is 0 Å². The van der Waals surface area contributed by atoms with Gasteiger partial charge < -0.3 is 9.88 Å². The number of carbonyl (C=O) groups excluding carboxylic acids is 1. The van der Waals surface area contributed by atoms with Crippen LogP contribution in [0.1, 0.15) is 44.6 Å². The van der Waals surface area contributed by atoms with Crippen LogP contribution in [0.3, 0.4) is 0 Å². The van der Waals surface area contributed by atoms with Gasteiger partial charge in [-0.1, -0.05) is 39.0 Å². The number of amides is 1. The van der Waals surface area contributed by atoms with Gasteiger partial charge in [0, 0.05) is 31.4 Å². The molecule has 1 atom stereocenters. The molecule has 0 unspecified atom stereocenters. The van der Waals surface area contributed by atoms with Crippen LogP contribution in [-0.2, 0) is 11.8 Å². The number of rotatable bonds is 4. The van der Waals surface area contributed by atoms with E-state index in [2.05, 4.69) is 10.3 Å². The molecule has 1 heterocycles. The Kier molecular flexibility index (Phi) is 4.64. The highest BCUT2D eigenvalue weighted by Crippen LogP contribution is 2.25. The minimum absolute atomic E-state index is 0.122. The van der Waals surface area contributed by atoms with Crippen LogP contribution in [0.5, 0.6) is 0 Å². The molecular formula is C17H22FN3O. The van der Waals surface area contributed by atoms with Crippen LogP contribution in [0.15, 0.2) is 36.7 Å². The minimum Gasteiger partial charge on any atom is -0.342 e. The van der Waals surface area contributed by atoms with E-state index < -0.39 is 6.04 Å². The molecule has 1 N–H and O–H groups in total. The van der Waals surface area contributed by atoms with Gasteiger partial charge in [-0.3, -0.25) is 4.79 Å². The van der Waals surface area contributed by atoms with Gasteiger partial charge in [0.1, 0.15) is 17.7 Å². The molecule has 22 heavy (non-hydrogen) atoms. The molecule has 0 aliphatic rings. The normalized spacial score (nSPS) is 13.0. The van der Waals surface area contributed by atoms with Gasteiger partial charge in [-0.25, -0.2) is 9.37 Å². The molecule has 0 saturated heterocycles. The molecule has 118 valence electrons. The lowest BCUT2D eigenvalue weighted by Gasteiger charge is -2.23. The van der Waals surface area contributed by atoms with Crippen molar-refractivity contribution in [3.63, 3.8) is 0 Å². The Morgan fingerprint density at radius 2 is 2.05 bits per heavy atom. The predicted octanol–water partition coefficient (Wildman–Crippen LogP) is 3.20. The maximum Gasteiger partial charge on any atom is 0.221 e. The molecule has 1 aromatic heterocycles. The second-order valence-corrected chi connectivity index (χ2v) is 6.66. The van der Waals surface area contributed by atoms with E-state index in [0.29, 0.717) is 17.8 Å². The number of aryl methyl sites for hydroxylation is 1. The molecule has 1 aromatic carbocycles. The van der Waals surface area contributed by atoms with Gasteiger partial charge >= 0.3 is 0 Å². The first-order valence-electron chi connectivity index (χ1n) is 7.29. The van der Waals surface area contributed by atoms with Crippen molar-refractivity contribution in [2.45, 2.75) is 33.2 Å². The van der Waals surface area contributed by atoms with E-state index in [1.807, 2.05) is 27.8 Å². The minimum atomic E-state index is -0.601. The molecule has 5 heteroatoms. The second kappa shape index (κ2) is 6.30. The largest absolute Gasteiger partial charge is 0.342 e. The molecule has 0 radical (unpaired) electrons. The lowest BCUT2D eigenvalue weighted by molar-refractivity contribution is -0.123. The molecule has 0 aliphatic heterocycles. The zero-order chi connectivity index (χ0) is 16.3. The van der Waals surface area contributed by atoms with Gasteiger partial charge in [-0.15, -0.1) is 0 Å². The summed E-state index contributed by atoms with van der Waals surface area (Å²) in [5.41, 5.74) is 0.282. The zero-order valence-electron chi connectivity index (χ0n) is 13.4. The van der Waals surface area contributed by atoms with E-state index in [0.717, 1.165) is 0 Å². The zero-order valence-corrected chi connectivity index (χ0v) is 13.4. The van der Waals surface area contributed by atoms with Crippen molar-refractivity contribution >= 4 is 5.91 Å². The van der Waals surface area contributed by atoms with Crippen LogP contribution in [-0.4, -0.2) is 15.5 Å². The van der Waals surface area contributed by atoms with E-state index >= 15 is 0 Å². The maximum absolute atomic E-state index is 14.2. The topological polar surface area (TPSA) is 46.9 Å². The van der Waals surface area contributed by atoms with Crippen molar-refractivity contribution < 1.29 is 9.18 Å². The average Bonchev–Trinajstić information content (AvgIpc) is 2.81. The third kappa shape index (κ3) is 3.93. The predicted molar refractivity (Wildman–Crippen MR) is 83.7 cm³/mol. The fourth-order valence-corrected chi connectivity index (χ4v) is 2.34. The number of nitrogens with zero attached hydrogens (tertiary/aromatic N) is 2. The molecule has 0 fully saturated rings. The Morgan fingerprint density at radius 1 is 1.36 bits per heavy atom. The van der Waals surface area contributed by atoms with Gasteiger partial charge in [0.05, 0.1) is 0 Å². The highest BCUT2D eigenvalue weighted by atomic mass is 19.1. The standard InChI is InChI=1S/C17H22FN3O/c1-17(2,3)11-14(22)20-15(16-19-9-10-21(16)4)12-7-5-6-8-13(12)18/h5-10,15H,11H2,1-4H3,(H,20,22)/t15-/m1/s1. The van der Waals surface area contributed by atoms with Crippen molar-refractivity contribution in [2.75, 3.05) is 0 Å². The van der Waals surface area contributed by atoms with Crippen molar-refractivity contribution in [2.24, 2.45) is 12.5 Å². The quantitative estimate of drug-likeness (QED) is 0.943. The van der Waals surface area contributed by atoms with Crippen molar-refractivity contribution in [3.05, 3.63) is 53.9 Å². The second-order valence-electron chi connectivity index (χ2n) is 6.66. The summed E-state index contributed by atoms with van der Waals surface area (Å²) >= 11 is 0. The van der Waals surface area contributed by atoms with Gasteiger partial charge in [-0.05, 0) is 11.5 Å². The van der Waals surface area contributed by atoms with Gasteiger partial charge in [0.25, 0.3) is 0 Å². The number of halogens is 1. The SMILES string of the molecule is Cn1ccnc1[C@H](NC(=O)CC(C)(C)C)c1ccccc1F. The highest BCUT2D eigenvalue weighted by Gasteiger charge is 2.25. The number of aromatic nitrogens is 2. The first-order chi connectivity index (χ1) is 10.3.